The number of H-pyrrole nitrogens is 1. The van der Waals surface area contributed by atoms with Crippen LogP contribution >= 0.6 is 0 Å². The highest BCUT2D eigenvalue weighted by molar-refractivity contribution is 6.04. The molecular weight excluding hydrogens is 394 g/mol. The van der Waals surface area contributed by atoms with Crippen molar-refractivity contribution in [1.29, 1.82) is 0 Å². The summed E-state index contributed by atoms with van der Waals surface area (Å²) in [4.78, 5) is 47.9. The maximum atomic E-state index is 13.0. The second-order valence-electron chi connectivity index (χ2n) is 8.53. The number of hydrogen-bond acceptors (Lipinski definition) is 5. The molecule has 31 heavy (non-hydrogen) atoms. The van der Waals surface area contributed by atoms with E-state index in [2.05, 4.69) is 46.3 Å². The summed E-state index contributed by atoms with van der Waals surface area (Å²) >= 11 is 0. The van der Waals surface area contributed by atoms with Crippen molar-refractivity contribution >= 4 is 29.3 Å². The first-order valence-corrected chi connectivity index (χ1v) is 11.0. The van der Waals surface area contributed by atoms with Gasteiger partial charge in [0.2, 0.25) is 17.8 Å². The molecule has 164 valence electrons. The molecule has 1 saturated heterocycles. The zero-order valence-electron chi connectivity index (χ0n) is 18.2. The topological polar surface area (TPSA) is 107 Å². The summed E-state index contributed by atoms with van der Waals surface area (Å²) in [5.74, 6) is -0.976. The van der Waals surface area contributed by atoms with Crippen LogP contribution in [0, 0.1) is 0 Å². The molecule has 3 atom stereocenters. The van der Waals surface area contributed by atoms with Crippen molar-refractivity contribution in [1.82, 2.24) is 9.97 Å². The van der Waals surface area contributed by atoms with Crippen molar-refractivity contribution in [2.24, 2.45) is 0 Å². The fourth-order valence-electron chi connectivity index (χ4n) is 4.60. The number of nitrogens with zero attached hydrogens (tertiary/aromatic N) is 2. The van der Waals surface area contributed by atoms with Gasteiger partial charge in [0.1, 0.15) is 5.82 Å². The maximum Gasteiger partial charge on any atom is 0.258 e. The van der Waals surface area contributed by atoms with Crippen LogP contribution in [0.2, 0.25) is 0 Å². The zero-order valence-corrected chi connectivity index (χ0v) is 18.2. The van der Waals surface area contributed by atoms with Gasteiger partial charge in [-0.1, -0.05) is 19.1 Å². The van der Waals surface area contributed by atoms with Gasteiger partial charge >= 0.3 is 0 Å². The van der Waals surface area contributed by atoms with Crippen molar-refractivity contribution in [3.8, 4) is 0 Å². The smallest absolute Gasteiger partial charge is 0.258 e. The van der Waals surface area contributed by atoms with Gasteiger partial charge in [0.25, 0.3) is 5.56 Å². The summed E-state index contributed by atoms with van der Waals surface area (Å²) < 4.78 is 0. The molecular formula is C23H29N5O3. The molecule has 0 radical (unpaired) electrons. The average molecular weight is 424 g/mol. The minimum atomic E-state index is -0.892. The number of piperidine rings is 1. The highest BCUT2D eigenvalue weighted by atomic mass is 16.2. The molecule has 2 aliphatic rings. The number of fused-ring (bicyclic) bond motifs is 1. The molecule has 1 fully saturated rings. The fourth-order valence-corrected chi connectivity index (χ4v) is 4.60. The molecule has 4 rings (SSSR count). The number of aromatic amines is 1. The van der Waals surface area contributed by atoms with Crippen LogP contribution in [0.15, 0.2) is 29.1 Å². The molecule has 8 nitrogen and oxygen atoms in total. The normalized spacial score (nSPS) is 23.1. The van der Waals surface area contributed by atoms with Crippen LogP contribution in [0.5, 0.6) is 0 Å². The molecule has 8 heteroatoms. The van der Waals surface area contributed by atoms with Gasteiger partial charge < -0.3 is 15.5 Å². The zero-order chi connectivity index (χ0) is 22.1. The van der Waals surface area contributed by atoms with Crippen LogP contribution in [0.4, 0.5) is 17.5 Å². The number of carbonyl (C=O) groups is 2. The number of aromatic nitrogens is 2. The van der Waals surface area contributed by atoms with Gasteiger partial charge in [-0.15, -0.1) is 0 Å². The number of benzene rings is 1. The Morgan fingerprint density at radius 2 is 1.84 bits per heavy atom. The van der Waals surface area contributed by atoms with Gasteiger partial charge in [0.05, 0.1) is 11.5 Å². The van der Waals surface area contributed by atoms with Crippen LogP contribution in [0.25, 0.3) is 0 Å². The van der Waals surface area contributed by atoms with Gasteiger partial charge in [-0.05, 0) is 57.2 Å². The molecule has 2 amide bonds. The van der Waals surface area contributed by atoms with E-state index in [4.69, 9.17) is 0 Å². The Kier molecular flexibility index (Phi) is 5.80. The summed E-state index contributed by atoms with van der Waals surface area (Å²) in [6.45, 7) is 6.27. The largest absolute Gasteiger partial charge is 0.337 e. The van der Waals surface area contributed by atoms with Crippen LogP contribution in [-0.2, 0) is 16.0 Å². The Labute approximate surface area is 181 Å². The van der Waals surface area contributed by atoms with Crippen molar-refractivity contribution < 1.29 is 9.59 Å². The van der Waals surface area contributed by atoms with Crippen LogP contribution in [0.3, 0.4) is 0 Å². The Hall–Kier alpha value is -3.16. The number of rotatable bonds is 4. The number of amides is 2. The Morgan fingerprint density at radius 1 is 1.16 bits per heavy atom. The third kappa shape index (κ3) is 4.19. The summed E-state index contributed by atoms with van der Waals surface area (Å²) in [6, 6.07) is 8.00. The highest BCUT2D eigenvalue weighted by Gasteiger charge is 2.36. The summed E-state index contributed by atoms with van der Waals surface area (Å²) in [7, 11) is 0. The number of anilines is 3. The molecule has 1 aromatic heterocycles. The van der Waals surface area contributed by atoms with Crippen LogP contribution in [-0.4, -0.2) is 33.9 Å². The summed E-state index contributed by atoms with van der Waals surface area (Å²) in [5.41, 5.74) is 1.62. The molecule has 3 heterocycles. The number of aryl methyl sites for hydroxylation is 1. The molecule has 3 N–H and O–H groups in total. The summed E-state index contributed by atoms with van der Waals surface area (Å²) in [5, 5.41) is 5.53. The predicted molar refractivity (Wildman–Crippen MR) is 121 cm³/mol. The summed E-state index contributed by atoms with van der Waals surface area (Å²) in [6.07, 6.45) is 3.97. The minimum Gasteiger partial charge on any atom is -0.337 e. The van der Waals surface area contributed by atoms with E-state index in [-0.39, 0.29) is 47.3 Å². The first kappa shape index (κ1) is 21.1. The average Bonchev–Trinajstić information content (AvgIpc) is 2.73. The van der Waals surface area contributed by atoms with Gasteiger partial charge in [0, 0.05) is 24.2 Å². The minimum absolute atomic E-state index is 0.0908. The molecule has 0 aliphatic carbocycles. The maximum absolute atomic E-state index is 13.0. The van der Waals surface area contributed by atoms with E-state index < -0.39 is 5.92 Å². The Balaban J connectivity index is 1.65. The van der Waals surface area contributed by atoms with Crippen molar-refractivity contribution in [3.05, 3.63) is 45.7 Å². The van der Waals surface area contributed by atoms with Gasteiger partial charge in [-0.3, -0.25) is 19.4 Å². The van der Waals surface area contributed by atoms with E-state index in [9.17, 15) is 14.4 Å². The lowest BCUT2D eigenvalue weighted by atomic mass is 9.92. The second-order valence-corrected chi connectivity index (χ2v) is 8.53. The van der Waals surface area contributed by atoms with Crippen molar-refractivity contribution in [2.45, 2.75) is 70.9 Å². The van der Waals surface area contributed by atoms with Gasteiger partial charge in [-0.2, -0.15) is 4.98 Å². The molecule has 0 bridgehead atoms. The molecule has 0 unspecified atom stereocenters. The molecule has 2 aromatic rings. The lowest BCUT2D eigenvalue weighted by Crippen LogP contribution is -2.46. The van der Waals surface area contributed by atoms with E-state index in [0.29, 0.717) is 11.6 Å². The molecule has 0 spiro atoms. The number of hydrogen-bond donors (Lipinski definition) is 3. The number of nitrogens with one attached hydrogen (secondary N) is 3. The van der Waals surface area contributed by atoms with Gasteiger partial charge in [-0.25, -0.2) is 0 Å². The number of carbonyl (C=O) groups excluding carboxylic acids is 2. The Morgan fingerprint density at radius 3 is 2.48 bits per heavy atom. The standard InChI is InChI=1S/C23H29N5O3/c1-4-15-8-10-16(11-9-15)24-21(30)17-12-18(29)25-20-19(17)22(31)27-23(26-20)28-13(2)6-5-7-14(28)3/h8-11,13-14,17H,4-7,12H2,1-3H3,(H,24,30)(H2,25,26,27,29,31)/t13-,14+,17-/m0/s1. The quantitative estimate of drug-likeness (QED) is 0.700. The molecule has 0 saturated carbocycles. The van der Waals surface area contributed by atoms with Crippen molar-refractivity contribution in [3.63, 3.8) is 0 Å². The first-order valence-electron chi connectivity index (χ1n) is 11.0. The lowest BCUT2D eigenvalue weighted by molar-refractivity contribution is -0.123. The van der Waals surface area contributed by atoms with E-state index in [1.165, 1.54) is 0 Å². The van der Waals surface area contributed by atoms with E-state index >= 15 is 0 Å². The first-order chi connectivity index (χ1) is 14.9. The van der Waals surface area contributed by atoms with E-state index in [1.54, 1.807) is 0 Å². The lowest BCUT2D eigenvalue weighted by Gasteiger charge is -2.39. The third-order valence-corrected chi connectivity index (χ3v) is 6.32. The van der Waals surface area contributed by atoms with Crippen LogP contribution < -0.4 is 21.1 Å². The van der Waals surface area contributed by atoms with Gasteiger partial charge in [0.15, 0.2) is 0 Å². The third-order valence-electron chi connectivity index (χ3n) is 6.32. The molecule has 1 aromatic carbocycles. The second kappa shape index (κ2) is 8.53. The highest BCUT2D eigenvalue weighted by Crippen LogP contribution is 2.32. The molecule has 2 aliphatic heterocycles. The SMILES string of the molecule is CCc1ccc(NC(=O)[C@H]2CC(=O)Nc3nc(N4[C@H](C)CCC[C@@H]4C)[nH]c(=O)c32)cc1. The predicted octanol–water partition coefficient (Wildman–Crippen LogP) is 3.16. The van der Waals surface area contributed by atoms with E-state index in [0.717, 1.165) is 31.2 Å². The van der Waals surface area contributed by atoms with Crippen molar-refractivity contribution in [2.75, 3.05) is 15.5 Å². The van der Waals surface area contributed by atoms with E-state index in [1.807, 2.05) is 24.3 Å². The van der Waals surface area contributed by atoms with Crippen LogP contribution in [0.1, 0.15) is 63.5 Å². The fraction of sp³-hybridized carbons (Fsp3) is 0.478. The Bertz CT molecular complexity index is 1040. The monoisotopic (exact) mass is 423 g/mol.